The Kier molecular flexibility index (Phi) is 4.88. The molecule has 0 saturated carbocycles. The number of non-ortho nitro benzene ring substituents is 1. The predicted molar refractivity (Wildman–Crippen MR) is 111 cm³/mol. The average Bonchev–Trinajstić information content (AvgIpc) is 3.01. The number of nitro benzene ring substituents is 1. The van der Waals surface area contributed by atoms with Gasteiger partial charge in [0.15, 0.2) is 0 Å². The minimum Gasteiger partial charge on any atom is -0.312 e. The van der Waals surface area contributed by atoms with Gasteiger partial charge in [0.2, 0.25) is 5.91 Å². The van der Waals surface area contributed by atoms with Gasteiger partial charge in [0, 0.05) is 29.9 Å². The van der Waals surface area contributed by atoms with Gasteiger partial charge in [-0.2, -0.15) is 5.10 Å². The molecule has 0 bridgehead atoms. The topological polar surface area (TPSA) is 81.3 Å². The SMILES string of the molecule is Cc1nn(-c2ccccc2)c(C)c1CC(=O)N1CCCc2ccc([N+](=O)[O-])cc21. The fraction of sp³-hybridized carbons (Fsp3) is 0.273. The minimum atomic E-state index is -0.421. The first-order valence-electron chi connectivity index (χ1n) is 9.64. The molecular formula is C22H22N4O3. The van der Waals surface area contributed by atoms with Crippen LogP contribution in [0.2, 0.25) is 0 Å². The maximum Gasteiger partial charge on any atom is 0.271 e. The average molecular weight is 390 g/mol. The molecule has 4 rings (SSSR count). The van der Waals surface area contributed by atoms with Crippen LogP contribution in [0, 0.1) is 24.0 Å². The lowest BCUT2D eigenvalue weighted by atomic mass is 10.00. The number of fused-ring (bicyclic) bond motifs is 1. The van der Waals surface area contributed by atoms with Crippen LogP contribution in [0.4, 0.5) is 11.4 Å². The maximum absolute atomic E-state index is 13.2. The van der Waals surface area contributed by atoms with Crippen molar-refractivity contribution in [1.29, 1.82) is 0 Å². The van der Waals surface area contributed by atoms with E-state index in [1.807, 2.05) is 48.9 Å². The summed E-state index contributed by atoms with van der Waals surface area (Å²) in [6.45, 7) is 4.44. The standard InChI is InChI=1S/C22H22N4O3/c1-15-20(16(2)25(23-15)18-8-4-3-5-9-18)14-22(27)24-12-6-7-17-10-11-19(26(28)29)13-21(17)24/h3-5,8-11,13H,6-7,12,14H2,1-2H3. The number of benzene rings is 2. The highest BCUT2D eigenvalue weighted by molar-refractivity contribution is 5.96. The molecule has 7 heteroatoms. The van der Waals surface area contributed by atoms with E-state index in [2.05, 4.69) is 5.10 Å². The van der Waals surface area contributed by atoms with Crippen molar-refractivity contribution < 1.29 is 9.72 Å². The summed E-state index contributed by atoms with van der Waals surface area (Å²) in [5.74, 6) is -0.0646. The summed E-state index contributed by atoms with van der Waals surface area (Å²) in [5, 5.41) is 15.8. The van der Waals surface area contributed by atoms with Crippen LogP contribution in [0.3, 0.4) is 0 Å². The second-order valence-corrected chi connectivity index (χ2v) is 7.29. The van der Waals surface area contributed by atoms with Crippen molar-refractivity contribution in [2.24, 2.45) is 0 Å². The molecule has 0 fully saturated rings. The number of rotatable bonds is 4. The van der Waals surface area contributed by atoms with Gasteiger partial charge in [-0.1, -0.05) is 24.3 Å². The Balaban J connectivity index is 1.64. The number of carbonyl (C=O) groups excluding carboxylic acids is 1. The van der Waals surface area contributed by atoms with Gasteiger partial charge in [-0.25, -0.2) is 4.68 Å². The summed E-state index contributed by atoms with van der Waals surface area (Å²) in [4.78, 5) is 25.6. The summed E-state index contributed by atoms with van der Waals surface area (Å²) in [5.41, 5.74) is 5.23. The number of para-hydroxylation sites is 1. The van der Waals surface area contributed by atoms with Gasteiger partial charge in [0.05, 0.1) is 28.4 Å². The molecule has 0 atom stereocenters. The molecule has 0 aliphatic carbocycles. The number of hydrogen-bond donors (Lipinski definition) is 0. The summed E-state index contributed by atoms with van der Waals surface area (Å²) < 4.78 is 1.85. The van der Waals surface area contributed by atoms with E-state index in [0.29, 0.717) is 12.2 Å². The minimum absolute atomic E-state index is 0.00714. The predicted octanol–water partition coefficient (Wildman–Crippen LogP) is 3.92. The summed E-state index contributed by atoms with van der Waals surface area (Å²) >= 11 is 0. The molecule has 1 amide bonds. The van der Waals surface area contributed by atoms with E-state index >= 15 is 0 Å². The van der Waals surface area contributed by atoms with Crippen molar-refractivity contribution in [1.82, 2.24) is 9.78 Å². The monoisotopic (exact) mass is 390 g/mol. The third-order valence-corrected chi connectivity index (χ3v) is 5.47. The Hall–Kier alpha value is -3.48. The molecule has 0 saturated heterocycles. The van der Waals surface area contributed by atoms with Crippen molar-refractivity contribution in [2.45, 2.75) is 33.1 Å². The Bertz CT molecular complexity index is 1090. The zero-order valence-electron chi connectivity index (χ0n) is 16.5. The van der Waals surface area contributed by atoms with Crippen LogP contribution in [-0.4, -0.2) is 27.2 Å². The van der Waals surface area contributed by atoms with Crippen LogP contribution < -0.4 is 4.90 Å². The first kappa shape index (κ1) is 18.9. The Morgan fingerprint density at radius 1 is 1.17 bits per heavy atom. The third-order valence-electron chi connectivity index (χ3n) is 5.47. The van der Waals surface area contributed by atoms with Gasteiger partial charge in [0.1, 0.15) is 0 Å². The van der Waals surface area contributed by atoms with Gasteiger partial charge in [0.25, 0.3) is 5.69 Å². The first-order chi connectivity index (χ1) is 14.0. The molecule has 29 heavy (non-hydrogen) atoms. The molecule has 0 unspecified atom stereocenters. The number of hydrogen-bond acceptors (Lipinski definition) is 4. The smallest absolute Gasteiger partial charge is 0.271 e. The number of nitro groups is 1. The maximum atomic E-state index is 13.2. The molecule has 1 aliphatic heterocycles. The highest BCUT2D eigenvalue weighted by Gasteiger charge is 2.26. The quantitative estimate of drug-likeness (QED) is 0.499. The van der Waals surface area contributed by atoms with Crippen LogP contribution in [0.25, 0.3) is 5.69 Å². The van der Waals surface area contributed by atoms with E-state index in [4.69, 9.17) is 0 Å². The number of nitrogens with zero attached hydrogens (tertiary/aromatic N) is 4. The Morgan fingerprint density at radius 2 is 1.93 bits per heavy atom. The highest BCUT2D eigenvalue weighted by Crippen LogP contribution is 2.32. The van der Waals surface area contributed by atoms with Gasteiger partial charge in [-0.05, 0) is 44.4 Å². The normalized spacial score (nSPS) is 13.2. The molecule has 0 radical (unpaired) electrons. The fourth-order valence-corrected chi connectivity index (χ4v) is 3.93. The van der Waals surface area contributed by atoms with Gasteiger partial charge >= 0.3 is 0 Å². The molecule has 3 aromatic rings. The Labute approximate surface area is 168 Å². The summed E-state index contributed by atoms with van der Waals surface area (Å²) in [6.07, 6.45) is 1.88. The zero-order valence-corrected chi connectivity index (χ0v) is 16.5. The summed E-state index contributed by atoms with van der Waals surface area (Å²) in [6, 6.07) is 14.6. The number of anilines is 1. The van der Waals surface area contributed by atoms with E-state index in [1.54, 1.807) is 11.0 Å². The van der Waals surface area contributed by atoms with Crippen LogP contribution in [0.1, 0.15) is 28.9 Å². The van der Waals surface area contributed by atoms with Crippen LogP contribution >= 0.6 is 0 Å². The molecule has 1 aliphatic rings. The largest absolute Gasteiger partial charge is 0.312 e. The van der Waals surface area contributed by atoms with Gasteiger partial charge in [-0.3, -0.25) is 14.9 Å². The van der Waals surface area contributed by atoms with Crippen LogP contribution in [0.5, 0.6) is 0 Å². The lowest BCUT2D eigenvalue weighted by molar-refractivity contribution is -0.384. The molecule has 7 nitrogen and oxygen atoms in total. The lowest BCUT2D eigenvalue weighted by Gasteiger charge is -2.29. The third kappa shape index (κ3) is 3.51. The zero-order chi connectivity index (χ0) is 20.5. The van der Waals surface area contributed by atoms with Crippen molar-refractivity contribution in [2.75, 3.05) is 11.4 Å². The molecule has 0 N–H and O–H groups in total. The van der Waals surface area contributed by atoms with Crippen molar-refractivity contribution in [3.63, 3.8) is 0 Å². The summed E-state index contributed by atoms with van der Waals surface area (Å²) in [7, 11) is 0. The van der Waals surface area contributed by atoms with Gasteiger partial charge < -0.3 is 4.90 Å². The van der Waals surface area contributed by atoms with E-state index in [-0.39, 0.29) is 18.0 Å². The molecule has 2 heterocycles. The van der Waals surface area contributed by atoms with Crippen LogP contribution in [-0.2, 0) is 17.6 Å². The van der Waals surface area contributed by atoms with Crippen molar-refractivity contribution >= 4 is 17.3 Å². The molecular weight excluding hydrogens is 368 g/mol. The van der Waals surface area contributed by atoms with Crippen LogP contribution in [0.15, 0.2) is 48.5 Å². The second-order valence-electron chi connectivity index (χ2n) is 7.29. The molecule has 1 aromatic heterocycles. The number of carbonyl (C=O) groups is 1. The van der Waals surface area contributed by atoms with E-state index in [1.165, 1.54) is 12.1 Å². The molecule has 2 aromatic carbocycles. The second kappa shape index (κ2) is 7.50. The van der Waals surface area contributed by atoms with E-state index < -0.39 is 4.92 Å². The van der Waals surface area contributed by atoms with Crippen molar-refractivity contribution in [3.8, 4) is 5.69 Å². The molecule has 0 spiro atoms. The fourth-order valence-electron chi connectivity index (χ4n) is 3.93. The number of aryl methyl sites for hydroxylation is 2. The first-order valence-corrected chi connectivity index (χ1v) is 9.64. The highest BCUT2D eigenvalue weighted by atomic mass is 16.6. The number of aromatic nitrogens is 2. The van der Waals surface area contributed by atoms with Gasteiger partial charge in [-0.15, -0.1) is 0 Å². The Morgan fingerprint density at radius 3 is 2.66 bits per heavy atom. The van der Waals surface area contributed by atoms with E-state index in [0.717, 1.165) is 41.0 Å². The lowest BCUT2D eigenvalue weighted by Crippen LogP contribution is -2.36. The van der Waals surface area contributed by atoms with Crippen molar-refractivity contribution in [3.05, 3.63) is 81.2 Å². The molecule has 148 valence electrons. The van der Waals surface area contributed by atoms with E-state index in [9.17, 15) is 14.9 Å². The number of amides is 1.